The maximum Gasteiger partial charge on any atom is 0.319 e. The van der Waals surface area contributed by atoms with Crippen LogP contribution in [0.2, 0.25) is 5.02 Å². The van der Waals surface area contributed by atoms with E-state index in [2.05, 4.69) is 20.8 Å². The van der Waals surface area contributed by atoms with Crippen molar-refractivity contribution in [1.29, 1.82) is 0 Å². The van der Waals surface area contributed by atoms with E-state index in [0.29, 0.717) is 16.5 Å². The molecule has 2 aromatic carbocycles. The van der Waals surface area contributed by atoms with Crippen molar-refractivity contribution in [3.63, 3.8) is 0 Å². The highest BCUT2D eigenvalue weighted by molar-refractivity contribution is 6.30. The van der Waals surface area contributed by atoms with Crippen molar-refractivity contribution >= 4 is 23.3 Å². The molecular weight excluding hydrogens is 314 g/mol. The molecule has 0 aliphatic carbocycles. The smallest absolute Gasteiger partial charge is 0.319 e. The minimum atomic E-state index is -0.338. The number of nitrogens with zero attached hydrogens (tertiary/aromatic N) is 3. The van der Waals surface area contributed by atoms with Gasteiger partial charge in [-0.3, -0.25) is 4.57 Å². The summed E-state index contributed by atoms with van der Waals surface area (Å²) < 4.78 is 1.82. The molecule has 3 aromatic rings. The van der Waals surface area contributed by atoms with Crippen molar-refractivity contribution in [2.75, 3.05) is 5.32 Å². The number of benzene rings is 2. The van der Waals surface area contributed by atoms with Crippen molar-refractivity contribution in [3.05, 3.63) is 71.8 Å². The average Bonchev–Trinajstić information content (AvgIpc) is 3.02. The first-order valence-corrected chi connectivity index (χ1v) is 7.35. The van der Waals surface area contributed by atoms with Gasteiger partial charge in [-0.25, -0.2) is 4.79 Å². The first-order valence-electron chi connectivity index (χ1n) is 6.97. The van der Waals surface area contributed by atoms with Crippen LogP contribution in [0.3, 0.4) is 0 Å². The molecule has 1 heterocycles. The summed E-state index contributed by atoms with van der Waals surface area (Å²) in [7, 11) is 0. The molecular formula is C16H14ClN5O. The zero-order valence-corrected chi connectivity index (χ0v) is 12.9. The third-order valence-corrected chi connectivity index (χ3v) is 3.38. The number of halogens is 1. The maximum atomic E-state index is 11.9. The van der Waals surface area contributed by atoms with Crippen LogP contribution in [0.15, 0.2) is 60.9 Å². The lowest BCUT2D eigenvalue weighted by atomic mass is 10.3. The van der Waals surface area contributed by atoms with E-state index in [4.69, 9.17) is 11.6 Å². The van der Waals surface area contributed by atoms with E-state index < -0.39 is 0 Å². The molecule has 0 atom stereocenters. The summed E-state index contributed by atoms with van der Waals surface area (Å²) in [6.07, 6.45) is 1.61. The molecule has 0 saturated carbocycles. The summed E-state index contributed by atoms with van der Waals surface area (Å²) in [6.45, 7) is 0.251. The Labute approximate surface area is 138 Å². The van der Waals surface area contributed by atoms with Gasteiger partial charge in [0.25, 0.3) is 0 Å². The second-order valence-corrected chi connectivity index (χ2v) is 5.21. The Morgan fingerprint density at radius 2 is 1.96 bits per heavy atom. The van der Waals surface area contributed by atoms with E-state index >= 15 is 0 Å². The quantitative estimate of drug-likeness (QED) is 0.772. The number of aromatic nitrogens is 3. The fourth-order valence-electron chi connectivity index (χ4n) is 2.08. The van der Waals surface area contributed by atoms with Crippen molar-refractivity contribution in [1.82, 2.24) is 20.1 Å². The molecule has 1 aromatic heterocycles. The normalized spacial score (nSPS) is 10.3. The third kappa shape index (κ3) is 3.87. The number of carbonyl (C=O) groups is 1. The van der Waals surface area contributed by atoms with E-state index in [1.54, 1.807) is 30.6 Å². The number of nitrogens with one attached hydrogen (secondary N) is 2. The molecule has 2 N–H and O–H groups in total. The summed E-state index contributed by atoms with van der Waals surface area (Å²) in [6, 6.07) is 16.3. The van der Waals surface area contributed by atoms with Crippen molar-refractivity contribution < 1.29 is 4.79 Å². The highest BCUT2D eigenvalue weighted by Gasteiger charge is 2.08. The molecule has 0 aliphatic rings. The minimum absolute atomic E-state index is 0.251. The largest absolute Gasteiger partial charge is 0.331 e. The minimum Gasteiger partial charge on any atom is -0.331 e. The molecule has 116 valence electrons. The van der Waals surface area contributed by atoms with Crippen LogP contribution in [-0.4, -0.2) is 20.8 Å². The van der Waals surface area contributed by atoms with E-state index in [0.717, 1.165) is 5.69 Å². The fraction of sp³-hybridized carbons (Fsp3) is 0.0625. The zero-order valence-electron chi connectivity index (χ0n) is 12.1. The number of hydrogen-bond donors (Lipinski definition) is 2. The van der Waals surface area contributed by atoms with E-state index in [-0.39, 0.29) is 12.6 Å². The van der Waals surface area contributed by atoms with Crippen molar-refractivity contribution in [2.45, 2.75) is 6.54 Å². The van der Waals surface area contributed by atoms with Gasteiger partial charge in [-0.15, -0.1) is 10.2 Å². The zero-order chi connectivity index (χ0) is 16.1. The van der Waals surface area contributed by atoms with Gasteiger partial charge in [0.1, 0.15) is 6.33 Å². The summed E-state index contributed by atoms with van der Waals surface area (Å²) in [5.74, 6) is 0.637. The molecule has 0 fully saturated rings. The number of urea groups is 1. The Kier molecular flexibility index (Phi) is 4.54. The van der Waals surface area contributed by atoms with Crippen LogP contribution in [0.1, 0.15) is 5.82 Å². The number of amides is 2. The van der Waals surface area contributed by atoms with Crippen LogP contribution in [0, 0.1) is 0 Å². The van der Waals surface area contributed by atoms with E-state index in [1.165, 1.54) is 0 Å². The van der Waals surface area contributed by atoms with Crippen molar-refractivity contribution in [2.24, 2.45) is 0 Å². The SMILES string of the molecule is O=C(NCc1nncn1-c1ccccc1)Nc1cccc(Cl)c1. The standard InChI is InChI=1S/C16H14ClN5O/c17-12-5-4-6-13(9-12)20-16(23)18-10-15-21-19-11-22(15)14-7-2-1-3-8-14/h1-9,11H,10H2,(H2,18,20,23). The highest BCUT2D eigenvalue weighted by atomic mass is 35.5. The van der Waals surface area contributed by atoms with Crippen LogP contribution in [0.4, 0.5) is 10.5 Å². The van der Waals surface area contributed by atoms with Crippen LogP contribution >= 0.6 is 11.6 Å². The third-order valence-electron chi connectivity index (χ3n) is 3.14. The fourth-order valence-corrected chi connectivity index (χ4v) is 2.27. The summed E-state index contributed by atoms with van der Waals surface area (Å²) in [4.78, 5) is 11.9. The van der Waals surface area contributed by atoms with Gasteiger partial charge < -0.3 is 10.6 Å². The average molecular weight is 328 g/mol. The van der Waals surface area contributed by atoms with E-state index in [9.17, 15) is 4.79 Å². The van der Waals surface area contributed by atoms with Gasteiger partial charge >= 0.3 is 6.03 Å². The lowest BCUT2D eigenvalue weighted by Gasteiger charge is -2.09. The van der Waals surface area contributed by atoms with Crippen LogP contribution < -0.4 is 10.6 Å². The molecule has 0 aliphatic heterocycles. The summed E-state index contributed by atoms with van der Waals surface area (Å²) >= 11 is 5.88. The Morgan fingerprint density at radius 1 is 1.13 bits per heavy atom. The Hall–Kier alpha value is -2.86. The lowest BCUT2D eigenvalue weighted by molar-refractivity contribution is 0.251. The van der Waals surface area contributed by atoms with Crippen LogP contribution in [0.5, 0.6) is 0 Å². The number of hydrogen-bond acceptors (Lipinski definition) is 3. The molecule has 0 bridgehead atoms. The highest BCUT2D eigenvalue weighted by Crippen LogP contribution is 2.14. The van der Waals surface area contributed by atoms with Gasteiger partial charge in [0.2, 0.25) is 0 Å². The van der Waals surface area contributed by atoms with Crippen molar-refractivity contribution in [3.8, 4) is 5.69 Å². The van der Waals surface area contributed by atoms with Gasteiger partial charge in [0, 0.05) is 16.4 Å². The number of para-hydroxylation sites is 1. The first kappa shape index (κ1) is 15.1. The Morgan fingerprint density at radius 3 is 2.74 bits per heavy atom. The van der Waals surface area contributed by atoms with Gasteiger partial charge in [0.15, 0.2) is 5.82 Å². The molecule has 2 amide bonds. The topological polar surface area (TPSA) is 71.8 Å². The second-order valence-electron chi connectivity index (χ2n) is 4.77. The molecule has 6 nitrogen and oxygen atoms in total. The van der Waals surface area contributed by atoms with E-state index in [1.807, 2.05) is 34.9 Å². The summed E-state index contributed by atoms with van der Waals surface area (Å²) in [5, 5.41) is 14.0. The monoisotopic (exact) mass is 327 g/mol. The first-order chi connectivity index (χ1) is 11.2. The molecule has 7 heteroatoms. The van der Waals surface area contributed by atoms with Crippen LogP contribution in [-0.2, 0) is 6.54 Å². The number of anilines is 1. The lowest BCUT2D eigenvalue weighted by Crippen LogP contribution is -2.29. The van der Waals surface area contributed by atoms with Gasteiger partial charge in [-0.1, -0.05) is 35.9 Å². The maximum absolute atomic E-state index is 11.9. The number of carbonyl (C=O) groups excluding carboxylic acids is 1. The second kappa shape index (κ2) is 6.93. The molecule has 0 spiro atoms. The van der Waals surface area contributed by atoms with Gasteiger partial charge in [-0.2, -0.15) is 0 Å². The van der Waals surface area contributed by atoms with Gasteiger partial charge in [0.05, 0.1) is 6.54 Å². The predicted octanol–water partition coefficient (Wildman–Crippen LogP) is 3.24. The van der Waals surface area contributed by atoms with Gasteiger partial charge in [-0.05, 0) is 30.3 Å². The predicted molar refractivity (Wildman–Crippen MR) is 88.7 cm³/mol. The Bertz CT molecular complexity index is 803. The Balaban J connectivity index is 1.63. The summed E-state index contributed by atoms with van der Waals surface area (Å²) in [5.41, 5.74) is 1.56. The van der Waals surface area contributed by atoms with Crippen LogP contribution in [0.25, 0.3) is 5.69 Å². The molecule has 0 radical (unpaired) electrons. The molecule has 3 rings (SSSR count). The molecule has 0 saturated heterocycles. The molecule has 23 heavy (non-hydrogen) atoms. The molecule has 0 unspecified atom stereocenters. The number of rotatable bonds is 4.